The van der Waals surface area contributed by atoms with Crippen LogP contribution in [-0.2, 0) is 16.0 Å². The van der Waals surface area contributed by atoms with Crippen molar-refractivity contribution in [1.29, 1.82) is 0 Å². The molecular formula is C17H20N4O4. The van der Waals surface area contributed by atoms with E-state index < -0.39 is 5.97 Å². The summed E-state index contributed by atoms with van der Waals surface area (Å²) in [6.07, 6.45) is 2.36. The third kappa shape index (κ3) is 4.03. The number of aromatic nitrogens is 3. The first-order valence-corrected chi connectivity index (χ1v) is 8.08. The number of hydrogen-bond donors (Lipinski definition) is 1. The number of carboxylic acid groups (broad SMARTS) is 1. The number of nitrogens with zero attached hydrogens (tertiary/aromatic N) is 4. The monoisotopic (exact) mass is 344 g/mol. The summed E-state index contributed by atoms with van der Waals surface area (Å²) in [4.78, 5) is 25.1. The van der Waals surface area contributed by atoms with Crippen LogP contribution in [0.1, 0.15) is 22.5 Å². The zero-order valence-electron chi connectivity index (χ0n) is 14.0. The number of ether oxygens (including phenoxy) is 1. The number of aliphatic carboxylic acids is 1. The minimum absolute atomic E-state index is 0.00955. The lowest BCUT2D eigenvalue weighted by Gasteiger charge is -2.16. The molecule has 1 aliphatic rings. The highest BCUT2D eigenvalue weighted by Crippen LogP contribution is 2.19. The second-order valence-electron chi connectivity index (χ2n) is 6.13. The van der Waals surface area contributed by atoms with E-state index in [1.54, 1.807) is 37.6 Å². The topological polar surface area (TPSA) is 97.5 Å². The zero-order valence-corrected chi connectivity index (χ0v) is 14.0. The van der Waals surface area contributed by atoms with E-state index in [1.807, 2.05) is 4.90 Å². The molecule has 8 heteroatoms. The molecule has 0 aliphatic carbocycles. The molecule has 1 aliphatic heterocycles. The van der Waals surface area contributed by atoms with E-state index >= 15 is 0 Å². The fourth-order valence-corrected chi connectivity index (χ4v) is 2.99. The molecule has 25 heavy (non-hydrogen) atoms. The minimum atomic E-state index is -0.953. The molecule has 1 saturated heterocycles. The zero-order chi connectivity index (χ0) is 17.8. The van der Waals surface area contributed by atoms with Crippen LogP contribution in [0.15, 0.2) is 30.5 Å². The van der Waals surface area contributed by atoms with Crippen molar-refractivity contribution in [3.05, 3.63) is 41.7 Å². The van der Waals surface area contributed by atoms with Crippen molar-refractivity contribution < 1.29 is 19.4 Å². The first-order valence-electron chi connectivity index (χ1n) is 8.08. The quantitative estimate of drug-likeness (QED) is 0.840. The van der Waals surface area contributed by atoms with Crippen LogP contribution in [0.5, 0.6) is 0 Å². The maximum Gasteiger partial charge on any atom is 0.309 e. The van der Waals surface area contributed by atoms with Crippen molar-refractivity contribution in [2.75, 3.05) is 26.8 Å². The number of methoxy groups -OCH3 is 1. The first kappa shape index (κ1) is 17.1. The van der Waals surface area contributed by atoms with Crippen molar-refractivity contribution in [1.82, 2.24) is 19.9 Å². The van der Waals surface area contributed by atoms with Crippen molar-refractivity contribution in [3.8, 4) is 5.69 Å². The van der Waals surface area contributed by atoms with Gasteiger partial charge in [0.2, 0.25) is 0 Å². The standard InChI is InChI=1S/C17H20N4O4/c1-25-11-12-6-7-20(9-12)17(24)13-2-4-15(5-3-13)21-10-14(18-19-21)8-16(22)23/h2-5,10,12H,6-9,11H2,1H3,(H,22,23). The minimum Gasteiger partial charge on any atom is -0.481 e. The largest absolute Gasteiger partial charge is 0.481 e. The molecule has 1 fully saturated rings. The van der Waals surface area contributed by atoms with Crippen LogP contribution in [0.4, 0.5) is 0 Å². The predicted molar refractivity (Wildman–Crippen MR) is 88.6 cm³/mol. The van der Waals surface area contributed by atoms with Gasteiger partial charge < -0.3 is 14.7 Å². The molecule has 1 amide bonds. The van der Waals surface area contributed by atoms with E-state index in [1.165, 1.54) is 4.68 Å². The van der Waals surface area contributed by atoms with Crippen LogP contribution >= 0.6 is 0 Å². The highest BCUT2D eigenvalue weighted by molar-refractivity contribution is 5.94. The Bertz CT molecular complexity index is 756. The number of carboxylic acids is 1. The first-order chi connectivity index (χ1) is 12.1. The van der Waals surface area contributed by atoms with Gasteiger partial charge in [-0.3, -0.25) is 9.59 Å². The van der Waals surface area contributed by atoms with Crippen LogP contribution in [0.3, 0.4) is 0 Å². The average molecular weight is 344 g/mol. The van der Waals surface area contributed by atoms with Crippen molar-refractivity contribution >= 4 is 11.9 Å². The van der Waals surface area contributed by atoms with Crippen molar-refractivity contribution in [2.24, 2.45) is 5.92 Å². The normalized spacial score (nSPS) is 17.0. The summed E-state index contributed by atoms with van der Waals surface area (Å²) in [6, 6.07) is 7.05. The third-order valence-electron chi connectivity index (χ3n) is 4.23. The maximum absolute atomic E-state index is 12.6. The van der Waals surface area contributed by atoms with Gasteiger partial charge in [0.05, 0.1) is 30.6 Å². The Balaban J connectivity index is 1.67. The van der Waals surface area contributed by atoms with Crippen molar-refractivity contribution in [2.45, 2.75) is 12.8 Å². The van der Waals surface area contributed by atoms with Crippen LogP contribution in [0, 0.1) is 5.92 Å². The summed E-state index contributed by atoms with van der Waals surface area (Å²) in [7, 11) is 1.68. The number of benzene rings is 1. The molecule has 3 rings (SSSR count). The molecule has 132 valence electrons. The van der Waals surface area contributed by atoms with Gasteiger partial charge in [-0.2, -0.15) is 0 Å². The van der Waals surface area contributed by atoms with Gasteiger partial charge in [0.15, 0.2) is 0 Å². The Morgan fingerprint density at radius 1 is 1.32 bits per heavy atom. The summed E-state index contributed by atoms with van der Waals surface area (Å²) in [5.74, 6) is -0.545. The van der Waals surface area contributed by atoms with E-state index in [9.17, 15) is 9.59 Å². The average Bonchev–Trinajstić information content (AvgIpc) is 3.24. The maximum atomic E-state index is 12.6. The molecule has 2 aromatic rings. The summed E-state index contributed by atoms with van der Waals surface area (Å²) in [5, 5.41) is 16.5. The number of rotatable bonds is 6. The molecule has 1 unspecified atom stereocenters. The molecule has 1 aromatic heterocycles. The van der Waals surface area contributed by atoms with Gasteiger partial charge in [0.25, 0.3) is 5.91 Å². The molecule has 1 N–H and O–H groups in total. The second kappa shape index (κ2) is 7.43. The molecule has 2 heterocycles. The van der Waals surface area contributed by atoms with Crippen LogP contribution in [0.25, 0.3) is 5.69 Å². The summed E-state index contributed by atoms with van der Waals surface area (Å²) in [5.41, 5.74) is 1.72. The highest BCUT2D eigenvalue weighted by atomic mass is 16.5. The van der Waals surface area contributed by atoms with Crippen molar-refractivity contribution in [3.63, 3.8) is 0 Å². The lowest BCUT2D eigenvalue weighted by molar-refractivity contribution is -0.136. The fourth-order valence-electron chi connectivity index (χ4n) is 2.99. The van der Waals surface area contributed by atoms with Gasteiger partial charge in [-0.05, 0) is 30.7 Å². The number of hydrogen-bond acceptors (Lipinski definition) is 5. The van der Waals surface area contributed by atoms with Gasteiger partial charge >= 0.3 is 5.97 Å². The summed E-state index contributed by atoms with van der Waals surface area (Å²) < 4.78 is 6.66. The molecular weight excluding hydrogens is 324 g/mol. The van der Waals surface area contributed by atoms with E-state index in [0.29, 0.717) is 23.8 Å². The number of carbonyl (C=O) groups excluding carboxylic acids is 1. The van der Waals surface area contributed by atoms with E-state index in [-0.39, 0.29) is 12.3 Å². The number of carbonyl (C=O) groups is 2. The number of amides is 1. The van der Waals surface area contributed by atoms with Crippen LogP contribution in [0.2, 0.25) is 0 Å². The molecule has 0 saturated carbocycles. The van der Waals surface area contributed by atoms with Gasteiger partial charge in [-0.25, -0.2) is 4.68 Å². The van der Waals surface area contributed by atoms with E-state index in [0.717, 1.165) is 25.2 Å². The summed E-state index contributed by atoms with van der Waals surface area (Å²) >= 11 is 0. The van der Waals surface area contributed by atoms with E-state index in [2.05, 4.69) is 10.3 Å². The molecule has 0 radical (unpaired) electrons. The van der Waals surface area contributed by atoms with Gasteiger partial charge in [0, 0.05) is 31.7 Å². The molecule has 1 aromatic carbocycles. The Morgan fingerprint density at radius 2 is 2.08 bits per heavy atom. The Labute approximate surface area is 145 Å². The SMILES string of the molecule is COCC1CCN(C(=O)c2ccc(-n3cc(CC(=O)O)nn3)cc2)C1. The molecule has 0 bridgehead atoms. The Kier molecular flexibility index (Phi) is 5.08. The molecule has 0 spiro atoms. The third-order valence-corrected chi connectivity index (χ3v) is 4.23. The van der Waals surface area contributed by atoms with Crippen LogP contribution < -0.4 is 0 Å². The van der Waals surface area contributed by atoms with Crippen LogP contribution in [-0.4, -0.2) is 63.7 Å². The molecule has 8 nitrogen and oxygen atoms in total. The lowest BCUT2D eigenvalue weighted by Crippen LogP contribution is -2.29. The summed E-state index contributed by atoms with van der Waals surface area (Å²) in [6.45, 7) is 2.14. The van der Waals surface area contributed by atoms with E-state index in [4.69, 9.17) is 9.84 Å². The predicted octanol–water partition coefficient (Wildman–Crippen LogP) is 1.00. The number of likely N-dealkylation sites (tertiary alicyclic amines) is 1. The van der Waals surface area contributed by atoms with Gasteiger partial charge in [0.1, 0.15) is 0 Å². The Morgan fingerprint density at radius 3 is 2.76 bits per heavy atom. The second-order valence-corrected chi connectivity index (χ2v) is 6.13. The molecule has 1 atom stereocenters. The van der Waals surface area contributed by atoms with Gasteiger partial charge in [-0.15, -0.1) is 5.10 Å². The smallest absolute Gasteiger partial charge is 0.309 e. The fraction of sp³-hybridized carbons (Fsp3) is 0.412. The lowest BCUT2D eigenvalue weighted by atomic mass is 10.1. The van der Waals surface area contributed by atoms with Gasteiger partial charge in [-0.1, -0.05) is 5.21 Å². The highest BCUT2D eigenvalue weighted by Gasteiger charge is 2.26. The Hall–Kier alpha value is -2.74.